The normalized spacial score (nSPS) is 15.5. The highest BCUT2D eigenvalue weighted by molar-refractivity contribution is 5.78. The highest BCUT2D eigenvalue weighted by Gasteiger charge is 2.24. The Bertz CT molecular complexity index is 730. The molecule has 2 heterocycles. The monoisotopic (exact) mass is 355 g/mol. The second-order valence-electron chi connectivity index (χ2n) is 6.30. The standard InChI is InChI=1S/C20H25N3O3/c1-3-26-20(24)17(16-7-5-4-6-8-16)14-18-21-15(2)13-19(22-18)23-9-11-25-12-10-23/h4-8,13,17H,3,9-12,14H2,1-2H3/t17-/m1/s1. The molecule has 0 spiro atoms. The SMILES string of the molecule is CCOC(=O)[C@H](Cc1nc(C)cc(N2CCOCC2)n1)c1ccccc1. The Balaban J connectivity index is 1.86. The second-order valence-corrected chi connectivity index (χ2v) is 6.30. The first-order chi connectivity index (χ1) is 12.7. The van der Waals surface area contributed by atoms with Gasteiger partial charge < -0.3 is 14.4 Å². The number of rotatable bonds is 6. The van der Waals surface area contributed by atoms with E-state index < -0.39 is 5.92 Å². The molecule has 1 aliphatic rings. The molecule has 0 saturated carbocycles. The van der Waals surface area contributed by atoms with Crippen molar-refractivity contribution in [3.05, 3.63) is 53.5 Å². The lowest BCUT2D eigenvalue weighted by Crippen LogP contribution is -2.37. The molecule has 0 unspecified atom stereocenters. The third-order valence-corrected chi connectivity index (χ3v) is 4.38. The molecule has 2 aromatic rings. The van der Waals surface area contributed by atoms with Gasteiger partial charge in [-0.05, 0) is 19.4 Å². The van der Waals surface area contributed by atoms with Crippen LogP contribution in [0.5, 0.6) is 0 Å². The zero-order chi connectivity index (χ0) is 18.4. The Kier molecular flexibility index (Phi) is 6.17. The third-order valence-electron chi connectivity index (χ3n) is 4.38. The molecule has 1 atom stereocenters. The number of ether oxygens (including phenoxy) is 2. The Morgan fingerprint density at radius 3 is 2.65 bits per heavy atom. The number of hydrogen-bond donors (Lipinski definition) is 0. The van der Waals surface area contributed by atoms with Crippen LogP contribution < -0.4 is 4.90 Å². The lowest BCUT2D eigenvalue weighted by Gasteiger charge is -2.28. The van der Waals surface area contributed by atoms with Gasteiger partial charge in [0.2, 0.25) is 0 Å². The molecule has 1 saturated heterocycles. The maximum Gasteiger partial charge on any atom is 0.313 e. The zero-order valence-corrected chi connectivity index (χ0v) is 15.4. The van der Waals surface area contributed by atoms with Gasteiger partial charge in [-0.2, -0.15) is 0 Å². The number of morpholine rings is 1. The number of carbonyl (C=O) groups excluding carboxylic acids is 1. The van der Waals surface area contributed by atoms with Gasteiger partial charge in [0.15, 0.2) is 0 Å². The minimum atomic E-state index is -0.407. The fourth-order valence-corrected chi connectivity index (χ4v) is 3.11. The highest BCUT2D eigenvalue weighted by atomic mass is 16.5. The van der Waals surface area contributed by atoms with E-state index in [-0.39, 0.29) is 5.97 Å². The molecular weight excluding hydrogens is 330 g/mol. The molecule has 6 heteroatoms. The number of esters is 1. The number of aromatic nitrogens is 2. The first kappa shape index (κ1) is 18.3. The van der Waals surface area contributed by atoms with Crippen molar-refractivity contribution in [3.63, 3.8) is 0 Å². The van der Waals surface area contributed by atoms with E-state index in [0.717, 1.165) is 30.2 Å². The van der Waals surface area contributed by atoms with E-state index >= 15 is 0 Å². The Morgan fingerprint density at radius 2 is 1.96 bits per heavy atom. The Labute approximate surface area is 154 Å². The van der Waals surface area contributed by atoms with Crippen molar-refractivity contribution in [3.8, 4) is 0 Å². The van der Waals surface area contributed by atoms with E-state index in [9.17, 15) is 4.79 Å². The van der Waals surface area contributed by atoms with Gasteiger partial charge in [0.25, 0.3) is 0 Å². The number of anilines is 1. The van der Waals surface area contributed by atoms with Crippen LogP contribution in [0.25, 0.3) is 0 Å². The van der Waals surface area contributed by atoms with Crippen molar-refractivity contribution >= 4 is 11.8 Å². The summed E-state index contributed by atoms with van der Waals surface area (Å²) in [6.07, 6.45) is 0.419. The van der Waals surface area contributed by atoms with Crippen LogP contribution in [0.2, 0.25) is 0 Å². The van der Waals surface area contributed by atoms with Gasteiger partial charge in [-0.25, -0.2) is 9.97 Å². The fourth-order valence-electron chi connectivity index (χ4n) is 3.11. The first-order valence-corrected chi connectivity index (χ1v) is 9.06. The summed E-state index contributed by atoms with van der Waals surface area (Å²) in [7, 11) is 0. The molecule has 138 valence electrons. The van der Waals surface area contributed by atoms with Gasteiger partial charge in [-0.15, -0.1) is 0 Å². The molecule has 0 bridgehead atoms. The zero-order valence-electron chi connectivity index (χ0n) is 15.4. The Hall–Kier alpha value is -2.47. The van der Waals surface area contributed by atoms with Crippen molar-refractivity contribution in [2.24, 2.45) is 0 Å². The van der Waals surface area contributed by atoms with Crippen LogP contribution in [0.4, 0.5) is 5.82 Å². The summed E-state index contributed by atoms with van der Waals surface area (Å²) >= 11 is 0. The molecule has 0 N–H and O–H groups in total. The van der Waals surface area contributed by atoms with Crippen LogP contribution in [0.3, 0.4) is 0 Å². The number of nitrogens with zero attached hydrogens (tertiary/aromatic N) is 3. The van der Waals surface area contributed by atoms with Crippen molar-refractivity contribution in [1.29, 1.82) is 0 Å². The van der Waals surface area contributed by atoms with Gasteiger partial charge in [-0.1, -0.05) is 30.3 Å². The highest BCUT2D eigenvalue weighted by Crippen LogP contribution is 2.23. The molecule has 26 heavy (non-hydrogen) atoms. The quantitative estimate of drug-likeness (QED) is 0.742. The van der Waals surface area contributed by atoms with Gasteiger partial charge in [0.1, 0.15) is 11.6 Å². The Morgan fingerprint density at radius 1 is 1.23 bits per heavy atom. The molecule has 1 aromatic carbocycles. The summed E-state index contributed by atoms with van der Waals surface area (Å²) < 4.78 is 10.7. The van der Waals surface area contributed by atoms with E-state index in [2.05, 4.69) is 9.88 Å². The minimum absolute atomic E-state index is 0.239. The summed E-state index contributed by atoms with van der Waals surface area (Å²) in [5, 5.41) is 0. The number of benzene rings is 1. The molecule has 0 radical (unpaired) electrons. The molecule has 0 amide bonds. The average molecular weight is 355 g/mol. The summed E-state index contributed by atoms with van der Waals surface area (Å²) in [6, 6.07) is 11.7. The van der Waals surface area contributed by atoms with Gasteiger partial charge >= 0.3 is 5.97 Å². The predicted octanol–water partition coefficient (Wildman–Crippen LogP) is 2.51. The van der Waals surface area contributed by atoms with Crippen LogP contribution >= 0.6 is 0 Å². The van der Waals surface area contributed by atoms with E-state index in [0.29, 0.717) is 32.1 Å². The van der Waals surface area contributed by atoms with Gasteiger partial charge in [0, 0.05) is 31.3 Å². The van der Waals surface area contributed by atoms with Crippen molar-refractivity contribution in [2.75, 3.05) is 37.8 Å². The minimum Gasteiger partial charge on any atom is -0.466 e. The van der Waals surface area contributed by atoms with Crippen LogP contribution in [-0.2, 0) is 20.7 Å². The fraction of sp³-hybridized carbons (Fsp3) is 0.450. The second kappa shape index (κ2) is 8.76. The molecule has 0 aliphatic carbocycles. The number of aryl methyl sites for hydroxylation is 1. The largest absolute Gasteiger partial charge is 0.466 e. The number of hydrogen-bond acceptors (Lipinski definition) is 6. The molecule has 1 fully saturated rings. The lowest BCUT2D eigenvalue weighted by molar-refractivity contribution is -0.145. The van der Waals surface area contributed by atoms with Crippen LogP contribution in [-0.4, -0.2) is 48.8 Å². The molecule has 1 aromatic heterocycles. The third kappa shape index (κ3) is 4.58. The van der Waals surface area contributed by atoms with Crippen molar-refractivity contribution in [2.45, 2.75) is 26.2 Å². The topological polar surface area (TPSA) is 64.5 Å². The van der Waals surface area contributed by atoms with E-state index in [1.165, 1.54) is 0 Å². The number of carbonyl (C=O) groups is 1. The lowest BCUT2D eigenvalue weighted by atomic mass is 9.95. The maximum atomic E-state index is 12.5. The summed E-state index contributed by atoms with van der Waals surface area (Å²) in [5.74, 6) is 0.909. The first-order valence-electron chi connectivity index (χ1n) is 9.06. The summed E-state index contributed by atoms with van der Waals surface area (Å²) in [4.78, 5) is 24.0. The van der Waals surface area contributed by atoms with Crippen LogP contribution in [0.15, 0.2) is 36.4 Å². The van der Waals surface area contributed by atoms with Crippen LogP contribution in [0.1, 0.15) is 29.9 Å². The van der Waals surface area contributed by atoms with Crippen molar-refractivity contribution in [1.82, 2.24) is 9.97 Å². The van der Waals surface area contributed by atoms with E-state index in [1.54, 1.807) is 0 Å². The molecular formula is C20H25N3O3. The summed E-state index contributed by atoms with van der Waals surface area (Å²) in [6.45, 7) is 7.17. The maximum absolute atomic E-state index is 12.5. The summed E-state index contributed by atoms with van der Waals surface area (Å²) in [5.41, 5.74) is 1.82. The average Bonchev–Trinajstić information content (AvgIpc) is 2.67. The van der Waals surface area contributed by atoms with Gasteiger partial charge in [-0.3, -0.25) is 4.79 Å². The van der Waals surface area contributed by atoms with Crippen molar-refractivity contribution < 1.29 is 14.3 Å². The van der Waals surface area contributed by atoms with E-state index in [1.807, 2.05) is 50.2 Å². The molecule has 3 rings (SSSR count). The van der Waals surface area contributed by atoms with Crippen LogP contribution in [0, 0.1) is 6.92 Å². The molecule has 1 aliphatic heterocycles. The molecule has 6 nitrogen and oxygen atoms in total. The smallest absolute Gasteiger partial charge is 0.313 e. The predicted molar refractivity (Wildman–Crippen MR) is 99.3 cm³/mol. The van der Waals surface area contributed by atoms with Gasteiger partial charge in [0.05, 0.1) is 25.7 Å². The van der Waals surface area contributed by atoms with E-state index in [4.69, 9.17) is 14.5 Å².